The van der Waals surface area contributed by atoms with E-state index in [1.807, 2.05) is 0 Å². The molecule has 0 N–H and O–H groups in total. The first-order valence-corrected chi connectivity index (χ1v) is 7.04. The van der Waals surface area contributed by atoms with E-state index in [9.17, 15) is 0 Å². The molecule has 1 aliphatic rings. The molecule has 6 heteroatoms. The van der Waals surface area contributed by atoms with Crippen LogP contribution in [0.5, 0.6) is 0 Å². The molecule has 1 heterocycles. The Morgan fingerprint density at radius 2 is 1.80 bits per heavy atom. The fraction of sp³-hybridized carbons (Fsp3) is 1.00. The molecular weight excluding hydrogens is 217 g/mol. The molecule has 0 aliphatic carbocycles. The largest absolute Gasteiger partial charge is 0.500 e. The first kappa shape index (κ1) is 13.1. The number of hydrogen-bond donors (Lipinski definition) is 0. The van der Waals surface area contributed by atoms with Crippen molar-refractivity contribution in [2.75, 3.05) is 41.2 Å². The van der Waals surface area contributed by atoms with Gasteiger partial charge in [0.15, 0.2) is 0 Å². The molecule has 0 spiro atoms. The molecule has 1 saturated heterocycles. The van der Waals surface area contributed by atoms with Crippen LogP contribution in [-0.2, 0) is 22.8 Å². The molecule has 5 nitrogen and oxygen atoms in total. The molecular formula is C9H20O5Si. The van der Waals surface area contributed by atoms with Crippen LogP contribution in [0.2, 0.25) is 6.04 Å². The number of epoxide rings is 1. The SMILES string of the molecule is CO[Si](CCCOC[13CH]1CO1)(OC)OC. The summed E-state index contributed by atoms with van der Waals surface area (Å²) in [6, 6.07) is 0.780. The molecule has 90 valence electrons. The summed E-state index contributed by atoms with van der Waals surface area (Å²) in [5.74, 6) is 0. The van der Waals surface area contributed by atoms with Gasteiger partial charge in [-0.05, 0) is 6.42 Å². The maximum atomic E-state index is 5.42. The minimum atomic E-state index is -2.39. The summed E-state index contributed by atoms with van der Waals surface area (Å²) >= 11 is 0. The lowest BCUT2D eigenvalue weighted by atomic mass is 10.5. The lowest BCUT2D eigenvalue weighted by molar-refractivity contribution is 0.100. The molecule has 1 unspecified atom stereocenters. The molecule has 1 aliphatic heterocycles. The Kier molecular flexibility index (Phi) is 5.73. The van der Waals surface area contributed by atoms with Gasteiger partial charge in [0.25, 0.3) is 0 Å². The van der Waals surface area contributed by atoms with Crippen molar-refractivity contribution in [3.8, 4) is 0 Å². The molecule has 15 heavy (non-hydrogen) atoms. The number of hydrogen-bond acceptors (Lipinski definition) is 5. The van der Waals surface area contributed by atoms with Crippen molar-refractivity contribution in [2.24, 2.45) is 0 Å². The molecule has 1 fully saturated rings. The second-order valence-corrected chi connectivity index (χ2v) is 6.52. The van der Waals surface area contributed by atoms with Crippen LogP contribution in [0.25, 0.3) is 0 Å². The van der Waals surface area contributed by atoms with Crippen LogP contribution in [-0.4, -0.2) is 56.1 Å². The van der Waals surface area contributed by atoms with Crippen molar-refractivity contribution in [3.63, 3.8) is 0 Å². The van der Waals surface area contributed by atoms with E-state index >= 15 is 0 Å². The average molecular weight is 237 g/mol. The third-order valence-corrected chi connectivity index (χ3v) is 5.24. The highest BCUT2D eigenvalue weighted by molar-refractivity contribution is 6.60. The second-order valence-electron chi connectivity index (χ2n) is 3.43. The fourth-order valence-electron chi connectivity index (χ4n) is 1.33. The second kappa shape index (κ2) is 6.57. The zero-order chi connectivity index (χ0) is 11.1. The van der Waals surface area contributed by atoms with Crippen molar-refractivity contribution in [1.29, 1.82) is 0 Å². The van der Waals surface area contributed by atoms with Gasteiger partial charge in [-0.2, -0.15) is 0 Å². The minimum absolute atomic E-state index is 0.333. The average Bonchev–Trinajstić information content (AvgIpc) is 3.08. The van der Waals surface area contributed by atoms with E-state index < -0.39 is 8.80 Å². The van der Waals surface area contributed by atoms with Gasteiger partial charge < -0.3 is 22.8 Å². The summed E-state index contributed by atoms with van der Waals surface area (Å²) in [4.78, 5) is 0. The van der Waals surface area contributed by atoms with E-state index in [0.717, 1.165) is 19.1 Å². The topological polar surface area (TPSA) is 49.5 Å². The standard InChI is InChI=1S/C9H20O5Si/c1-10-15(11-2,12-3)6-4-5-13-7-9-8-14-9/h9H,4-8H2,1-3H3/i9+1. The predicted molar refractivity (Wildman–Crippen MR) is 56.8 cm³/mol. The summed E-state index contributed by atoms with van der Waals surface area (Å²) in [5.41, 5.74) is 0. The third kappa shape index (κ3) is 4.58. The van der Waals surface area contributed by atoms with E-state index in [4.69, 9.17) is 22.8 Å². The Hall–Kier alpha value is 0.0169. The highest BCUT2D eigenvalue weighted by Gasteiger charge is 2.36. The molecule has 0 bridgehead atoms. The lowest BCUT2D eigenvalue weighted by Gasteiger charge is -2.24. The van der Waals surface area contributed by atoms with Gasteiger partial charge in [-0.15, -0.1) is 0 Å². The van der Waals surface area contributed by atoms with Crippen molar-refractivity contribution in [1.82, 2.24) is 0 Å². The summed E-state index contributed by atoms with van der Waals surface area (Å²) in [5, 5.41) is 0. The molecule has 0 radical (unpaired) electrons. The monoisotopic (exact) mass is 237 g/mol. The predicted octanol–water partition coefficient (Wildman–Crippen LogP) is 0.670. The quantitative estimate of drug-likeness (QED) is 0.255. The van der Waals surface area contributed by atoms with Crippen LogP contribution in [0.15, 0.2) is 0 Å². The van der Waals surface area contributed by atoms with Crippen molar-refractivity contribution in [2.45, 2.75) is 18.6 Å². The van der Waals surface area contributed by atoms with E-state index in [2.05, 4.69) is 0 Å². The molecule has 0 amide bonds. The Morgan fingerprint density at radius 1 is 1.20 bits per heavy atom. The molecule has 0 aromatic heterocycles. The minimum Gasteiger partial charge on any atom is -0.379 e. The zero-order valence-electron chi connectivity index (χ0n) is 9.65. The number of rotatable bonds is 9. The van der Waals surface area contributed by atoms with Gasteiger partial charge in [0.2, 0.25) is 0 Å². The van der Waals surface area contributed by atoms with Crippen LogP contribution >= 0.6 is 0 Å². The Bertz CT molecular complexity index is 162. The fourth-order valence-corrected chi connectivity index (χ4v) is 3.02. The van der Waals surface area contributed by atoms with Crippen molar-refractivity contribution < 1.29 is 22.8 Å². The first-order valence-electron chi connectivity index (χ1n) is 5.11. The maximum absolute atomic E-state index is 5.42. The van der Waals surface area contributed by atoms with Crippen molar-refractivity contribution >= 4 is 8.80 Å². The summed E-state index contributed by atoms with van der Waals surface area (Å²) in [7, 11) is 2.48. The highest BCUT2D eigenvalue weighted by atomic mass is 28.4. The highest BCUT2D eigenvalue weighted by Crippen LogP contribution is 2.15. The third-order valence-electron chi connectivity index (χ3n) is 2.41. The molecule has 1 rings (SSSR count). The first-order chi connectivity index (χ1) is 7.26. The molecule has 1 atom stereocenters. The normalized spacial score (nSPS) is 20.6. The molecule has 0 aromatic carbocycles. The van der Waals surface area contributed by atoms with Crippen LogP contribution in [0.1, 0.15) is 6.42 Å². The summed E-state index contributed by atoms with van der Waals surface area (Å²) < 4.78 is 26.3. The maximum Gasteiger partial charge on any atom is 0.500 e. The van der Waals surface area contributed by atoms with E-state index in [1.54, 1.807) is 21.3 Å². The van der Waals surface area contributed by atoms with Crippen LogP contribution in [0, 0.1) is 0 Å². The Balaban J connectivity index is 2.04. The van der Waals surface area contributed by atoms with Gasteiger partial charge in [0.05, 0.1) is 13.2 Å². The van der Waals surface area contributed by atoms with Gasteiger partial charge in [-0.25, -0.2) is 0 Å². The van der Waals surface area contributed by atoms with Gasteiger partial charge in [0.1, 0.15) is 6.10 Å². The van der Waals surface area contributed by atoms with Crippen LogP contribution in [0.4, 0.5) is 0 Å². The molecule has 0 aromatic rings. The summed E-state index contributed by atoms with van der Waals surface area (Å²) in [6.07, 6.45) is 1.22. The lowest BCUT2D eigenvalue weighted by Crippen LogP contribution is -2.42. The summed E-state index contributed by atoms with van der Waals surface area (Å²) in [6.45, 7) is 2.24. The zero-order valence-corrected chi connectivity index (χ0v) is 10.7. The van der Waals surface area contributed by atoms with E-state index in [-0.39, 0.29) is 0 Å². The molecule has 0 saturated carbocycles. The Morgan fingerprint density at radius 3 is 2.27 bits per heavy atom. The Labute approximate surface area is 92.0 Å². The van der Waals surface area contributed by atoms with E-state index in [0.29, 0.717) is 19.3 Å². The van der Waals surface area contributed by atoms with Gasteiger partial charge in [-0.3, -0.25) is 0 Å². The van der Waals surface area contributed by atoms with Gasteiger partial charge in [-0.1, -0.05) is 0 Å². The van der Waals surface area contributed by atoms with Crippen LogP contribution in [0.3, 0.4) is 0 Å². The smallest absolute Gasteiger partial charge is 0.379 e. The van der Waals surface area contributed by atoms with Crippen LogP contribution < -0.4 is 0 Å². The van der Waals surface area contributed by atoms with Crippen molar-refractivity contribution in [3.05, 3.63) is 0 Å². The van der Waals surface area contributed by atoms with Gasteiger partial charge >= 0.3 is 8.80 Å². The van der Waals surface area contributed by atoms with Gasteiger partial charge in [0, 0.05) is 34.0 Å². The van der Waals surface area contributed by atoms with E-state index in [1.165, 1.54) is 0 Å². The number of ether oxygens (including phenoxy) is 2.